The molecule has 0 aliphatic carbocycles. The summed E-state index contributed by atoms with van der Waals surface area (Å²) in [5, 5.41) is 9.03. The number of anilines is 1. The number of likely N-dealkylation sites (tertiary alicyclic amines) is 1. The van der Waals surface area contributed by atoms with Crippen molar-refractivity contribution in [3.8, 4) is 0 Å². The number of rotatable bonds is 4. The van der Waals surface area contributed by atoms with Gasteiger partial charge in [-0.05, 0) is 43.9 Å². The van der Waals surface area contributed by atoms with Crippen LogP contribution in [-0.4, -0.2) is 56.7 Å². The highest BCUT2D eigenvalue weighted by molar-refractivity contribution is 5.73. The van der Waals surface area contributed by atoms with Crippen molar-refractivity contribution in [1.82, 2.24) is 24.6 Å². The van der Waals surface area contributed by atoms with Crippen LogP contribution < -0.4 is 4.90 Å². The average Bonchev–Trinajstić information content (AvgIpc) is 3.48. The Morgan fingerprint density at radius 3 is 2.69 bits per heavy atom. The summed E-state index contributed by atoms with van der Waals surface area (Å²) < 4.78 is 2.26. The minimum Gasteiger partial charge on any atom is -0.371 e. The van der Waals surface area contributed by atoms with E-state index in [1.807, 2.05) is 4.90 Å². The van der Waals surface area contributed by atoms with Crippen molar-refractivity contribution < 1.29 is 4.79 Å². The van der Waals surface area contributed by atoms with Crippen molar-refractivity contribution in [2.45, 2.75) is 58.3 Å². The summed E-state index contributed by atoms with van der Waals surface area (Å²) in [6.45, 7) is 8.15. The fourth-order valence-corrected chi connectivity index (χ4v) is 5.13. The van der Waals surface area contributed by atoms with Gasteiger partial charge in [-0.3, -0.25) is 9.69 Å². The molecule has 0 spiro atoms. The highest BCUT2D eigenvalue weighted by Gasteiger charge is 2.33. The van der Waals surface area contributed by atoms with Crippen LogP contribution in [0, 0.1) is 0 Å². The van der Waals surface area contributed by atoms with Crippen molar-refractivity contribution in [3.63, 3.8) is 0 Å². The van der Waals surface area contributed by atoms with Crippen molar-refractivity contribution >= 4 is 11.6 Å². The van der Waals surface area contributed by atoms with Gasteiger partial charge in [0.05, 0.1) is 12.6 Å². The predicted octanol–water partition coefficient (Wildman–Crippen LogP) is 2.58. The lowest BCUT2D eigenvalue weighted by Crippen LogP contribution is -2.38. The number of benzene rings is 1. The van der Waals surface area contributed by atoms with Gasteiger partial charge in [0, 0.05) is 45.3 Å². The largest absolute Gasteiger partial charge is 0.371 e. The molecule has 1 amide bonds. The second kappa shape index (κ2) is 7.78. The zero-order valence-corrected chi connectivity index (χ0v) is 17.3. The smallest absolute Gasteiger partial charge is 0.219 e. The van der Waals surface area contributed by atoms with Gasteiger partial charge in [0.2, 0.25) is 5.91 Å². The van der Waals surface area contributed by atoms with Crippen LogP contribution in [0.1, 0.15) is 55.9 Å². The van der Waals surface area contributed by atoms with Crippen molar-refractivity contribution in [3.05, 3.63) is 41.5 Å². The third kappa shape index (κ3) is 3.52. The lowest BCUT2D eigenvalue weighted by molar-refractivity contribution is -0.130. The molecule has 1 atom stereocenters. The molecule has 0 N–H and O–H groups in total. The third-order valence-electron chi connectivity index (χ3n) is 6.70. The molecule has 0 unspecified atom stereocenters. The van der Waals surface area contributed by atoms with E-state index in [2.05, 4.69) is 48.8 Å². The van der Waals surface area contributed by atoms with Crippen LogP contribution in [0.4, 0.5) is 5.69 Å². The number of carbonyl (C=O) groups is 1. The normalized spacial score (nSPS) is 22.3. The third-order valence-corrected chi connectivity index (χ3v) is 6.70. The molecule has 7 heteroatoms. The van der Waals surface area contributed by atoms with E-state index >= 15 is 0 Å². The van der Waals surface area contributed by atoms with Gasteiger partial charge in [0.15, 0.2) is 11.6 Å². The highest BCUT2D eigenvalue weighted by atomic mass is 16.2. The lowest BCUT2D eigenvalue weighted by Gasteiger charge is -2.30. The zero-order chi connectivity index (χ0) is 19.8. The molecule has 1 aromatic heterocycles. The number of para-hydroxylation sites is 1. The molecule has 2 aromatic rings. The van der Waals surface area contributed by atoms with E-state index in [0.29, 0.717) is 12.6 Å². The Kier molecular flexibility index (Phi) is 4.99. The van der Waals surface area contributed by atoms with Crippen LogP contribution in [0.5, 0.6) is 0 Å². The van der Waals surface area contributed by atoms with Gasteiger partial charge in [0.1, 0.15) is 0 Å². The Balaban J connectivity index is 1.37. The molecule has 0 radical (unpaired) electrons. The van der Waals surface area contributed by atoms with Crippen molar-refractivity contribution in [2.24, 2.45) is 0 Å². The maximum absolute atomic E-state index is 11.7. The summed E-state index contributed by atoms with van der Waals surface area (Å²) in [6, 6.07) is 9.20. The Morgan fingerprint density at radius 1 is 1.03 bits per heavy atom. The number of nitrogens with zero attached hydrogens (tertiary/aromatic N) is 6. The fraction of sp³-hybridized carbons (Fsp3) is 0.591. The molecule has 2 saturated heterocycles. The molecular weight excluding hydrogens is 364 g/mol. The van der Waals surface area contributed by atoms with E-state index < -0.39 is 0 Å². The second-order valence-corrected chi connectivity index (χ2v) is 8.52. The topological polar surface area (TPSA) is 57.5 Å². The van der Waals surface area contributed by atoms with Crippen LogP contribution in [0.3, 0.4) is 0 Å². The molecule has 154 valence electrons. The number of hydrogen-bond acceptors (Lipinski definition) is 5. The zero-order valence-electron chi connectivity index (χ0n) is 17.3. The van der Waals surface area contributed by atoms with Crippen LogP contribution >= 0.6 is 0 Å². The first-order valence-electron chi connectivity index (χ1n) is 10.9. The standard InChI is InChI=1S/C22H30N6O/c1-17(29)26-13-14-28-21(16-26)23-24-22(28)20-9-6-12-27(20)15-18-7-2-3-8-19(18)25-10-4-5-11-25/h2-3,7-8,20H,4-6,9-16H2,1H3/t20-/m0/s1. The summed E-state index contributed by atoms with van der Waals surface area (Å²) in [6.07, 6.45) is 4.91. The number of fused-ring (bicyclic) bond motifs is 1. The fourth-order valence-electron chi connectivity index (χ4n) is 5.13. The van der Waals surface area contributed by atoms with Gasteiger partial charge < -0.3 is 14.4 Å². The molecular formula is C22H30N6O. The van der Waals surface area contributed by atoms with Gasteiger partial charge in [-0.15, -0.1) is 10.2 Å². The van der Waals surface area contributed by atoms with E-state index in [-0.39, 0.29) is 5.91 Å². The Morgan fingerprint density at radius 2 is 1.86 bits per heavy atom. The quantitative estimate of drug-likeness (QED) is 0.798. The maximum atomic E-state index is 11.7. The molecule has 0 saturated carbocycles. The SMILES string of the molecule is CC(=O)N1CCn2c(nnc2[C@@H]2CCCN2Cc2ccccc2N2CCCC2)C1. The van der Waals surface area contributed by atoms with E-state index in [0.717, 1.165) is 44.2 Å². The van der Waals surface area contributed by atoms with E-state index in [1.165, 1.54) is 43.6 Å². The van der Waals surface area contributed by atoms with Gasteiger partial charge in [0.25, 0.3) is 0 Å². The molecule has 7 nitrogen and oxygen atoms in total. The van der Waals surface area contributed by atoms with Gasteiger partial charge >= 0.3 is 0 Å². The minimum absolute atomic E-state index is 0.113. The molecule has 29 heavy (non-hydrogen) atoms. The first kappa shape index (κ1) is 18.6. The van der Waals surface area contributed by atoms with Crippen LogP contribution in [0.2, 0.25) is 0 Å². The monoisotopic (exact) mass is 394 g/mol. The molecule has 2 fully saturated rings. The molecule has 3 aliphatic rings. The summed E-state index contributed by atoms with van der Waals surface area (Å²) in [5.41, 5.74) is 2.82. The number of carbonyl (C=O) groups excluding carboxylic acids is 1. The van der Waals surface area contributed by atoms with Crippen LogP contribution in [0.15, 0.2) is 24.3 Å². The van der Waals surface area contributed by atoms with Crippen molar-refractivity contribution in [1.29, 1.82) is 0 Å². The predicted molar refractivity (Wildman–Crippen MR) is 111 cm³/mol. The van der Waals surface area contributed by atoms with Gasteiger partial charge in [-0.25, -0.2) is 0 Å². The number of aromatic nitrogens is 3. The lowest BCUT2D eigenvalue weighted by atomic mass is 10.1. The second-order valence-electron chi connectivity index (χ2n) is 8.52. The molecule has 1 aromatic carbocycles. The molecule has 4 heterocycles. The van der Waals surface area contributed by atoms with Crippen LogP contribution in [-0.2, 0) is 24.4 Å². The molecule has 5 rings (SSSR count). The first-order valence-corrected chi connectivity index (χ1v) is 10.9. The number of amides is 1. The van der Waals surface area contributed by atoms with Gasteiger partial charge in [-0.2, -0.15) is 0 Å². The molecule has 3 aliphatic heterocycles. The minimum atomic E-state index is 0.113. The van der Waals surface area contributed by atoms with Crippen LogP contribution in [0.25, 0.3) is 0 Å². The van der Waals surface area contributed by atoms with E-state index in [1.54, 1.807) is 6.92 Å². The van der Waals surface area contributed by atoms with Crippen molar-refractivity contribution in [2.75, 3.05) is 31.1 Å². The van der Waals surface area contributed by atoms with Gasteiger partial charge in [-0.1, -0.05) is 18.2 Å². The Labute approximate surface area is 172 Å². The van der Waals surface area contributed by atoms with E-state index in [9.17, 15) is 4.79 Å². The highest BCUT2D eigenvalue weighted by Crippen LogP contribution is 2.35. The summed E-state index contributed by atoms with van der Waals surface area (Å²) in [5.74, 6) is 2.12. The number of hydrogen-bond donors (Lipinski definition) is 0. The summed E-state index contributed by atoms with van der Waals surface area (Å²) in [7, 11) is 0. The summed E-state index contributed by atoms with van der Waals surface area (Å²) in [4.78, 5) is 18.7. The average molecular weight is 395 g/mol. The first-order chi connectivity index (χ1) is 14.2. The molecule has 0 bridgehead atoms. The van der Waals surface area contributed by atoms with E-state index in [4.69, 9.17) is 0 Å². The Bertz CT molecular complexity index is 887. The maximum Gasteiger partial charge on any atom is 0.219 e. The summed E-state index contributed by atoms with van der Waals surface area (Å²) >= 11 is 0. The Hall–Kier alpha value is -2.41.